The molecule has 6 nitrogen and oxygen atoms in total. The number of rotatable bonds is 6. The summed E-state index contributed by atoms with van der Waals surface area (Å²) in [5, 5.41) is 4.73. The van der Waals surface area contributed by atoms with E-state index in [1.54, 1.807) is 12.1 Å². The van der Waals surface area contributed by atoms with E-state index in [1.165, 1.54) is 30.6 Å². The van der Waals surface area contributed by atoms with Gasteiger partial charge in [-0.15, -0.1) is 11.3 Å². The first-order valence-electron chi connectivity index (χ1n) is 7.75. The van der Waals surface area contributed by atoms with Crippen molar-refractivity contribution < 1.29 is 17.9 Å². The molecule has 1 amide bonds. The zero-order valence-electron chi connectivity index (χ0n) is 14.2. The molecule has 0 saturated heterocycles. The molecule has 0 aliphatic heterocycles. The molecule has 2 aromatic carbocycles. The zero-order valence-corrected chi connectivity index (χ0v) is 18.0. The number of nitrogens with one attached hydrogen (secondary N) is 1. The predicted molar refractivity (Wildman–Crippen MR) is 114 cm³/mol. The lowest BCUT2D eigenvalue weighted by atomic mass is 10.2. The highest BCUT2D eigenvalue weighted by Crippen LogP contribution is 2.25. The fraction of sp³-hybridized carbons (Fsp3) is 0.111. The summed E-state index contributed by atoms with van der Waals surface area (Å²) in [5.41, 5.74) is 1.66. The first-order valence-corrected chi connectivity index (χ1v) is 11.4. The van der Waals surface area contributed by atoms with E-state index in [0.717, 1.165) is 14.8 Å². The highest BCUT2D eigenvalue weighted by Gasteiger charge is 2.20. The van der Waals surface area contributed by atoms with Gasteiger partial charge < -0.3 is 10.1 Å². The Hall–Kier alpha value is -1.98. The van der Waals surface area contributed by atoms with Gasteiger partial charge in [-0.25, -0.2) is 13.4 Å². The van der Waals surface area contributed by atoms with Gasteiger partial charge in [-0.3, -0.25) is 4.79 Å². The van der Waals surface area contributed by atoms with Crippen LogP contribution in [0, 0.1) is 3.57 Å². The highest BCUT2D eigenvalue weighted by atomic mass is 127. The number of aromatic nitrogens is 1. The molecule has 140 valence electrons. The van der Waals surface area contributed by atoms with Crippen LogP contribution < -0.4 is 10.1 Å². The van der Waals surface area contributed by atoms with E-state index in [-0.39, 0.29) is 4.90 Å². The van der Waals surface area contributed by atoms with Crippen molar-refractivity contribution >= 4 is 54.8 Å². The number of benzene rings is 2. The molecule has 0 bridgehead atoms. The Morgan fingerprint density at radius 3 is 2.44 bits per heavy atom. The molecule has 0 unspecified atom stereocenters. The number of thiazole rings is 1. The maximum absolute atomic E-state index is 12.4. The summed E-state index contributed by atoms with van der Waals surface area (Å²) in [6, 6.07) is 13.7. The monoisotopic (exact) mass is 514 g/mol. The molecule has 1 N–H and O–H groups in total. The van der Waals surface area contributed by atoms with Crippen LogP contribution >= 0.6 is 33.9 Å². The molecular weight excluding hydrogens is 499 g/mol. The van der Waals surface area contributed by atoms with Gasteiger partial charge >= 0.3 is 0 Å². The lowest BCUT2D eigenvalue weighted by Crippen LogP contribution is -2.22. The molecule has 9 heteroatoms. The Labute approximate surface area is 174 Å². The summed E-state index contributed by atoms with van der Waals surface area (Å²) in [7, 11) is -2.25. The van der Waals surface area contributed by atoms with Crippen LogP contribution in [0.3, 0.4) is 0 Å². The van der Waals surface area contributed by atoms with E-state index in [4.69, 9.17) is 4.74 Å². The maximum atomic E-state index is 12.4. The van der Waals surface area contributed by atoms with Gasteiger partial charge in [-0.1, -0.05) is 12.1 Å². The van der Waals surface area contributed by atoms with E-state index in [2.05, 4.69) is 32.9 Å². The van der Waals surface area contributed by atoms with Gasteiger partial charge in [0.1, 0.15) is 11.5 Å². The van der Waals surface area contributed by atoms with Crippen LogP contribution in [-0.2, 0) is 14.6 Å². The number of halogens is 1. The number of ether oxygens (including phenoxy) is 1. The normalized spacial score (nSPS) is 11.2. The smallest absolute Gasteiger partial charge is 0.241 e. The number of hydrogen-bond acceptors (Lipinski definition) is 6. The van der Waals surface area contributed by atoms with Gasteiger partial charge in [0, 0.05) is 14.5 Å². The van der Waals surface area contributed by atoms with Crippen molar-refractivity contribution in [3.63, 3.8) is 0 Å². The number of methoxy groups -OCH3 is 1. The molecule has 27 heavy (non-hydrogen) atoms. The fourth-order valence-electron chi connectivity index (χ4n) is 2.28. The molecule has 0 aliphatic carbocycles. The van der Waals surface area contributed by atoms with E-state index in [1.807, 2.05) is 29.6 Å². The second-order valence-corrected chi connectivity index (χ2v) is 9.62. The lowest BCUT2D eigenvalue weighted by molar-refractivity contribution is -0.113. The van der Waals surface area contributed by atoms with E-state index >= 15 is 0 Å². The van der Waals surface area contributed by atoms with Crippen LogP contribution in [0.1, 0.15) is 0 Å². The van der Waals surface area contributed by atoms with Crippen LogP contribution in [0.4, 0.5) is 5.13 Å². The molecule has 0 aliphatic rings. The minimum Gasteiger partial charge on any atom is -0.497 e. The number of carbonyl (C=O) groups excluding carboxylic acids is 1. The predicted octanol–water partition coefficient (Wildman–Crippen LogP) is 3.84. The number of anilines is 1. The Morgan fingerprint density at radius 2 is 1.81 bits per heavy atom. The van der Waals surface area contributed by atoms with Crippen LogP contribution in [0.15, 0.2) is 58.8 Å². The van der Waals surface area contributed by atoms with Gasteiger partial charge in [0.05, 0.1) is 17.7 Å². The Bertz CT molecular complexity index is 1050. The van der Waals surface area contributed by atoms with Gasteiger partial charge in [-0.05, 0) is 59.0 Å². The second-order valence-electron chi connectivity index (χ2n) is 5.53. The topological polar surface area (TPSA) is 85.4 Å². The number of carbonyl (C=O) groups is 1. The minimum absolute atomic E-state index is 0.0668. The van der Waals surface area contributed by atoms with Crippen molar-refractivity contribution in [1.82, 2.24) is 4.98 Å². The van der Waals surface area contributed by atoms with Crippen LogP contribution in [0.2, 0.25) is 0 Å². The molecule has 0 saturated carbocycles. The molecule has 0 radical (unpaired) electrons. The van der Waals surface area contributed by atoms with Gasteiger partial charge in [-0.2, -0.15) is 0 Å². The van der Waals surface area contributed by atoms with Gasteiger partial charge in [0.15, 0.2) is 15.0 Å². The SMILES string of the molecule is COc1ccc(S(=O)(=O)CC(=O)Nc2nc(-c3ccc(I)cc3)cs2)cc1. The molecule has 3 aromatic rings. The van der Waals surface area contributed by atoms with E-state index in [0.29, 0.717) is 10.9 Å². The summed E-state index contributed by atoms with van der Waals surface area (Å²) in [4.78, 5) is 16.6. The van der Waals surface area contributed by atoms with Crippen LogP contribution in [0.5, 0.6) is 5.75 Å². The average Bonchev–Trinajstić information content (AvgIpc) is 3.10. The third-order valence-corrected chi connectivity index (χ3v) is 6.74. The third kappa shape index (κ3) is 5.05. The van der Waals surface area contributed by atoms with Crippen molar-refractivity contribution in [3.8, 4) is 17.0 Å². The number of nitrogens with zero attached hydrogens (tertiary/aromatic N) is 1. The van der Waals surface area contributed by atoms with Crippen molar-refractivity contribution in [1.29, 1.82) is 0 Å². The van der Waals surface area contributed by atoms with Crippen molar-refractivity contribution in [2.45, 2.75) is 4.90 Å². The average molecular weight is 514 g/mol. The molecule has 0 spiro atoms. The standard InChI is InChI=1S/C18H15IN2O4S2/c1-25-14-6-8-15(9-7-14)27(23,24)11-17(22)21-18-20-16(10-26-18)12-2-4-13(19)5-3-12/h2-10H,11H2,1H3,(H,20,21,22). The van der Waals surface area contributed by atoms with E-state index in [9.17, 15) is 13.2 Å². The Balaban J connectivity index is 1.67. The summed E-state index contributed by atoms with van der Waals surface area (Å²) < 4.78 is 30.9. The highest BCUT2D eigenvalue weighted by molar-refractivity contribution is 14.1. The number of hydrogen-bond donors (Lipinski definition) is 1. The third-order valence-electron chi connectivity index (χ3n) is 3.63. The largest absolute Gasteiger partial charge is 0.497 e. The van der Waals surface area contributed by atoms with Crippen LogP contribution in [0.25, 0.3) is 11.3 Å². The second kappa shape index (κ2) is 8.36. The number of sulfone groups is 1. The van der Waals surface area contributed by atoms with Crippen molar-refractivity contribution in [3.05, 3.63) is 57.5 Å². The van der Waals surface area contributed by atoms with Gasteiger partial charge in [0.25, 0.3) is 0 Å². The molecule has 0 fully saturated rings. The zero-order chi connectivity index (χ0) is 19.4. The first-order chi connectivity index (χ1) is 12.9. The molecule has 1 aromatic heterocycles. The Morgan fingerprint density at radius 1 is 1.15 bits per heavy atom. The van der Waals surface area contributed by atoms with Crippen molar-refractivity contribution in [2.75, 3.05) is 18.2 Å². The summed E-state index contributed by atoms with van der Waals surface area (Å²) in [6.45, 7) is 0. The Kier molecular flexibility index (Phi) is 6.12. The molecule has 3 rings (SSSR count). The first kappa shape index (κ1) is 19.8. The summed E-state index contributed by atoms with van der Waals surface area (Å²) in [6.07, 6.45) is 0. The molecular formula is C18H15IN2O4S2. The fourth-order valence-corrected chi connectivity index (χ4v) is 4.51. The van der Waals surface area contributed by atoms with Crippen molar-refractivity contribution in [2.24, 2.45) is 0 Å². The number of amides is 1. The lowest BCUT2D eigenvalue weighted by Gasteiger charge is -2.05. The maximum Gasteiger partial charge on any atom is 0.241 e. The van der Waals surface area contributed by atoms with Crippen LogP contribution in [-0.4, -0.2) is 32.2 Å². The van der Waals surface area contributed by atoms with Gasteiger partial charge in [0.2, 0.25) is 5.91 Å². The summed E-state index contributed by atoms with van der Waals surface area (Å²) in [5.74, 6) is -0.740. The summed E-state index contributed by atoms with van der Waals surface area (Å²) >= 11 is 3.47. The molecule has 0 atom stereocenters. The minimum atomic E-state index is -3.75. The molecule has 1 heterocycles. The van der Waals surface area contributed by atoms with E-state index < -0.39 is 21.5 Å². The quantitative estimate of drug-likeness (QED) is 0.506.